The second-order valence-electron chi connectivity index (χ2n) is 6.22. The van der Waals surface area contributed by atoms with E-state index < -0.39 is 11.7 Å². The van der Waals surface area contributed by atoms with Crippen molar-refractivity contribution >= 4 is 10.9 Å². The minimum Gasteiger partial charge on any atom is -0.457 e. The summed E-state index contributed by atoms with van der Waals surface area (Å²) in [6.45, 7) is 0. The average molecular weight is 381 g/mol. The van der Waals surface area contributed by atoms with Crippen LogP contribution >= 0.6 is 0 Å². The average Bonchev–Trinajstić information content (AvgIpc) is 2.68. The van der Waals surface area contributed by atoms with Crippen LogP contribution in [0.4, 0.5) is 13.2 Å². The molecule has 6 heteroatoms. The van der Waals surface area contributed by atoms with Crippen molar-refractivity contribution in [3.05, 3.63) is 94.8 Å². The summed E-state index contributed by atoms with van der Waals surface area (Å²) < 4.78 is 44.0. The highest BCUT2D eigenvalue weighted by atomic mass is 19.4. The minimum absolute atomic E-state index is 0.0745. The normalized spacial score (nSPS) is 11.5. The van der Waals surface area contributed by atoms with Gasteiger partial charge in [-0.25, -0.2) is 0 Å². The summed E-state index contributed by atoms with van der Waals surface area (Å²) in [5.41, 5.74) is 1.46. The van der Waals surface area contributed by atoms with Gasteiger partial charge in [-0.15, -0.1) is 0 Å². The van der Waals surface area contributed by atoms with Crippen molar-refractivity contribution in [2.24, 2.45) is 0 Å². The molecule has 0 spiro atoms. The van der Waals surface area contributed by atoms with Gasteiger partial charge >= 0.3 is 6.18 Å². The molecule has 3 nitrogen and oxygen atoms in total. The van der Waals surface area contributed by atoms with E-state index >= 15 is 0 Å². The lowest BCUT2D eigenvalue weighted by atomic mass is 10.0. The van der Waals surface area contributed by atoms with Crippen LogP contribution in [0.1, 0.15) is 5.56 Å². The Morgan fingerprint density at radius 3 is 2.36 bits per heavy atom. The number of nitrogens with one attached hydrogen (secondary N) is 1. The van der Waals surface area contributed by atoms with E-state index in [-0.39, 0.29) is 5.43 Å². The number of rotatable bonds is 3. The smallest absolute Gasteiger partial charge is 0.416 e. The van der Waals surface area contributed by atoms with Crippen molar-refractivity contribution < 1.29 is 17.9 Å². The quantitative estimate of drug-likeness (QED) is 0.472. The van der Waals surface area contributed by atoms with Crippen molar-refractivity contribution in [1.29, 1.82) is 0 Å². The molecular formula is C22H14F3NO2. The number of fused-ring (bicyclic) bond motifs is 1. The first-order valence-electron chi connectivity index (χ1n) is 8.48. The Balaban J connectivity index is 1.70. The predicted molar refractivity (Wildman–Crippen MR) is 102 cm³/mol. The third-order valence-electron chi connectivity index (χ3n) is 4.37. The van der Waals surface area contributed by atoms with E-state index in [4.69, 9.17) is 4.74 Å². The maximum Gasteiger partial charge on any atom is 0.416 e. The van der Waals surface area contributed by atoms with E-state index in [1.165, 1.54) is 18.2 Å². The number of H-pyrrole nitrogens is 1. The van der Waals surface area contributed by atoms with E-state index in [9.17, 15) is 18.0 Å². The first-order chi connectivity index (χ1) is 13.4. The molecule has 0 aliphatic carbocycles. The van der Waals surface area contributed by atoms with Crippen molar-refractivity contribution in [1.82, 2.24) is 4.98 Å². The molecule has 28 heavy (non-hydrogen) atoms. The molecule has 0 amide bonds. The van der Waals surface area contributed by atoms with Crippen LogP contribution in [0.5, 0.6) is 11.5 Å². The Hall–Kier alpha value is -3.54. The van der Waals surface area contributed by atoms with Crippen molar-refractivity contribution in [2.75, 3.05) is 0 Å². The third-order valence-corrected chi connectivity index (χ3v) is 4.37. The zero-order valence-electron chi connectivity index (χ0n) is 14.5. The Morgan fingerprint density at radius 2 is 1.61 bits per heavy atom. The number of hydrogen-bond acceptors (Lipinski definition) is 2. The van der Waals surface area contributed by atoms with Crippen LogP contribution in [0.25, 0.3) is 22.0 Å². The summed E-state index contributed by atoms with van der Waals surface area (Å²) in [4.78, 5) is 15.0. The predicted octanol–water partition coefficient (Wildman–Crippen LogP) is 6.01. The van der Waals surface area contributed by atoms with E-state index in [1.807, 2.05) is 24.3 Å². The SMILES string of the molecule is O=c1cc[nH]c2cc(-c3ccccc3Oc3ccc(C(F)(F)F)cc3)ccc12. The van der Waals surface area contributed by atoms with Gasteiger partial charge in [-0.3, -0.25) is 4.79 Å². The second kappa shape index (κ2) is 6.88. The highest BCUT2D eigenvalue weighted by Gasteiger charge is 2.30. The molecule has 0 unspecified atom stereocenters. The van der Waals surface area contributed by atoms with Crippen molar-refractivity contribution in [3.8, 4) is 22.6 Å². The summed E-state index contributed by atoms with van der Waals surface area (Å²) in [6, 6.07) is 18.6. The molecule has 1 aromatic heterocycles. The molecule has 0 saturated carbocycles. The zero-order valence-corrected chi connectivity index (χ0v) is 14.5. The Kier molecular flexibility index (Phi) is 4.39. The molecule has 0 atom stereocenters. The Bertz CT molecular complexity index is 1190. The largest absolute Gasteiger partial charge is 0.457 e. The maximum absolute atomic E-state index is 12.7. The highest BCUT2D eigenvalue weighted by Crippen LogP contribution is 2.35. The maximum atomic E-state index is 12.7. The first-order valence-corrected chi connectivity index (χ1v) is 8.48. The van der Waals surface area contributed by atoms with Crippen LogP contribution in [-0.4, -0.2) is 4.98 Å². The fourth-order valence-corrected chi connectivity index (χ4v) is 2.98. The minimum atomic E-state index is -4.39. The van der Waals surface area contributed by atoms with Gasteiger partial charge in [0, 0.05) is 28.7 Å². The van der Waals surface area contributed by atoms with Crippen LogP contribution in [0.3, 0.4) is 0 Å². The van der Waals surface area contributed by atoms with Gasteiger partial charge in [-0.1, -0.05) is 24.3 Å². The number of alkyl halides is 3. The van der Waals surface area contributed by atoms with Crippen molar-refractivity contribution in [3.63, 3.8) is 0 Å². The van der Waals surface area contributed by atoms with Gasteiger partial charge < -0.3 is 9.72 Å². The molecule has 4 rings (SSSR count). The fraction of sp³-hybridized carbons (Fsp3) is 0.0455. The van der Waals surface area contributed by atoms with Gasteiger partial charge in [-0.05, 0) is 48.0 Å². The number of para-hydroxylation sites is 1. The first kappa shape index (κ1) is 17.9. The van der Waals surface area contributed by atoms with E-state index in [1.54, 1.807) is 24.4 Å². The van der Waals surface area contributed by atoms with Gasteiger partial charge in [-0.2, -0.15) is 13.2 Å². The zero-order chi connectivity index (χ0) is 19.7. The van der Waals surface area contributed by atoms with E-state index in [0.717, 1.165) is 23.3 Å². The molecule has 4 aromatic rings. The molecule has 0 saturated heterocycles. The summed E-state index contributed by atoms with van der Waals surface area (Å²) in [7, 11) is 0. The summed E-state index contributed by atoms with van der Waals surface area (Å²) in [6.07, 6.45) is -2.81. The van der Waals surface area contributed by atoms with Gasteiger partial charge in [0.25, 0.3) is 0 Å². The molecule has 0 fully saturated rings. The molecule has 0 radical (unpaired) electrons. The number of halogens is 3. The molecule has 1 N–H and O–H groups in total. The molecule has 140 valence electrons. The molecule has 0 aliphatic rings. The van der Waals surface area contributed by atoms with E-state index in [0.29, 0.717) is 22.4 Å². The lowest BCUT2D eigenvalue weighted by Gasteiger charge is -2.13. The second-order valence-corrected chi connectivity index (χ2v) is 6.22. The van der Waals surface area contributed by atoms with Crippen LogP contribution in [0, 0.1) is 0 Å². The Labute approximate surface area is 158 Å². The molecule has 3 aromatic carbocycles. The van der Waals surface area contributed by atoms with Gasteiger partial charge in [0.15, 0.2) is 5.43 Å². The number of benzene rings is 3. The number of ether oxygens (including phenoxy) is 1. The van der Waals surface area contributed by atoms with Crippen molar-refractivity contribution in [2.45, 2.75) is 6.18 Å². The summed E-state index contributed by atoms with van der Waals surface area (Å²) in [5, 5.41) is 0.576. The topological polar surface area (TPSA) is 42.1 Å². The van der Waals surface area contributed by atoms with Gasteiger partial charge in [0.2, 0.25) is 0 Å². The standard InChI is InChI=1S/C22H14F3NO2/c23-22(24,25)15-6-8-16(9-7-15)28-21-4-2-1-3-17(21)14-5-10-18-19(13-14)26-12-11-20(18)27/h1-13H,(H,26,27). The molecule has 0 aliphatic heterocycles. The van der Waals surface area contributed by atoms with Gasteiger partial charge in [0.05, 0.1) is 5.56 Å². The monoisotopic (exact) mass is 381 g/mol. The van der Waals surface area contributed by atoms with Gasteiger partial charge in [0.1, 0.15) is 11.5 Å². The van der Waals surface area contributed by atoms with E-state index in [2.05, 4.69) is 4.98 Å². The lowest BCUT2D eigenvalue weighted by Crippen LogP contribution is -2.04. The number of aromatic amines is 1. The highest BCUT2D eigenvalue weighted by molar-refractivity contribution is 5.85. The molecule has 1 heterocycles. The number of hydrogen-bond donors (Lipinski definition) is 1. The van der Waals surface area contributed by atoms with Crippen LogP contribution < -0.4 is 10.2 Å². The van der Waals surface area contributed by atoms with Crippen LogP contribution in [0.15, 0.2) is 83.8 Å². The van der Waals surface area contributed by atoms with Crippen LogP contribution in [-0.2, 0) is 6.18 Å². The number of pyridine rings is 1. The van der Waals surface area contributed by atoms with Crippen LogP contribution in [0.2, 0.25) is 0 Å². The fourth-order valence-electron chi connectivity index (χ4n) is 2.98. The molecular weight excluding hydrogens is 367 g/mol. The summed E-state index contributed by atoms with van der Waals surface area (Å²) in [5.74, 6) is 0.800. The lowest BCUT2D eigenvalue weighted by molar-refractivity contribution is -0.137. The number of aromatic nitrogens is 1. The Morgan fingerprint density at radius 1 is 0.857 bits per heavy atom. The molecule has 0 bridgehead atoms. The summed E-state index contributed by atoms with van der Waals surface area (Å²) >= 11 is 0. The third kappa shape index (κ3) is 3.49.